The first-order valence-corrected chi connectivity index (χ1v) is 20.0. The van der Waals surface area contributed by atoms with Crippen molar-refractivity contribution in [1.82, 2.24) is 0 Å². The fourth-order valence-electron chi connectivity index (χ4n) is 8.79. The molecular weight excluding hydrogens is 695 g/mol. The molecule has 10 aromatic carbocycles. The van der Waals surface area contributed by atoms with Gasteiger partial charge in [0.25, 0.3) is 0 Å². The van der Waals surface area contributed by atoms with Crippen molar-refractivity contribution in [2.45, 2.75) is 0 Å². The van der Waals surface area contributed by atoms with Crippen LogP contribution in [-0.2, 0) is 0 Å². The average molecular weight is 730 g/mol. The molecule has 0 amide bonds. The van der Waals surface area contributed by atoms with Crippen molar-refractivity contribution in [2.24, 2.45) is 0 Å². The number of rotatable bonds is 4. The molecular formula is C54H35NS. The van der Waals surface area contributed by atoms with E-state index < -0.39 is 0 Å². The van der Waals surface area contributed by atoms with E-state index in [4.69, 9.17) is 0 Å². The second-order valence-electron chi connectivity index (χ2n) is 14.4. The van der Waals surface area contributed by atoms with Gasteiger partial charge in [0.1, 0.15) is 0 Å². The van der Waals surface area contributed by atoms with Crippen molar-refractivity contribution in [2.75, 3.05) is 4.90 Å². The molecule has 262 valence electrons. The quantitative estimate of drug-likeness (QED) is 0.174. The molecule has 0 saturated carbocycles. The third-order valence-electron chi connectivity index (χ3n) is 11.3. The SMILES string of the molecule is c1ccc(-c2ccccc2N(c2ccccc2)c2ccc3c(c2)c2ccccc2c2ccccc2c2ccccc2c2c3ccc3c4ccccc4sc32)cc1. The molecule has 11 aromatic rings. The van der Waals surface area contributed by atoms with Crippen LogP contribution in [0.25, 0.3) is 85.2 Å². The average Bonchev–Trinajstić information content (AvgIpc) is 3.66. The summed E-state index contributed by atoms with van der Waals surface area (Å²) in [5.41, 5.74) is 5.70. The maximum atomic E-state index is 2.43. The van der Waals surface area contributed by atoms with Crippen molar-refractivity contribution in [1.29, 1.82) is 0 Å². The van der Waals surface area contributed by atoms with Gasteiger partial charge < -0.3 is 4.90 Å². The van der Waals surface area contributed by atoms with Gasteiger partial charge >= 0.3 is 0 Å². The van der Waals surface area contributed by atoms with E-state index in [0.717, 1.165) is 17.1 Å². The lowest BCUT2D eigenvalue weighted by molar-refractivity contribution is 1.29. The summed E-state index contributed by atoms with van der Waals surface area (Å²) in [5, 5.41) is 15.0. The van der Waals surface area contributed by atoms with Gasteiger partial charge in [-0.15, -0.1) is 11.3 Å². The Labute approximate surface area is 329 Å². The highest BCUT2D eigenvalue weighted by Crippen LogP contribution is 2.46. The number of thiophene rings is 1. The summed E-state index contributed by atoms with van der Waals surface area (Å²) in [6.07, 6.45) is 0. The summed E-state index contributed by atoms with van der Waals surface area (Å²) in [6, 6.07) is 77.9. The Balaban J connectivity index is 1.36. The van der Waals surface area contributed by atoms with Crippen LogP contribution in [0, 0.1) is 0 Å². The standard InChI is InChI=1S/C54H35NS/c1-3-17-36(18-4-1)39-21-13-15-29-51(39)55(37-19-5-2-6-20-37)38-31-32-45-48-33-34-49-46-27-14-16-30-52(46)56-54(49)53(48)47-28-12-11-25-43(47)41-23-8-7-22-40(41)42-24-9-10-26-44(42)50(45)35-38/h1-35H. The Morgan fingerprint density at radius 3 is 1.46 bits per heavy atom. The maximum absolute atomic E-state index is 2.43. The first-order chi connectivity index (χ1) is 27.8. The molecule has 0 N–H and O–H groups in total. The largest absolute Gasteiger partial charge is 0.310 e. The second kappa shape index (κ2) is 13.4. The van der Waals surface area contributed by atoms with Crippen molar-refractivity contribution in [3.63, 3.8) is 0 Å². The minimum Gasteiger partial charge on any atom is -0.310 e. The molecule has 56 heavy (non-hydrogen) atoms. The minimum absolute atomic E-state index is 1.10. The lowest BCUT2D eigenvalue weighted by Gasteiger charge is -2.28. The number of anilines is 3. The van der Waals surface area contributed by atoms with Gasteiger partial charge in [0, 0.05) is 42.5 Å². The summed E-state index contributed by atoms with van der Waals surface area (Å²) in [7, 11) is 0. The van der Waals surface area contributed by atoms with Crippen LogP contribution in [0.5, 0.6) is 0 Å². The molecule has 0 aliphatic carbocycles. The summed E-state index contributed by atoms with van der Waals surface area (Å²) in [6.45, 7) is 0. The molecule has 0 aliphatic rings. The van der Waals surface area contributed by atoms with Gasteiger partial charge in [-0.25, -0.2) is 0 Å². The predicted molar refractivity (Wildman–Crippen MR) is 245 cm³/mol. The molecule has 0 aliphatic heterocycles. The Bertz CT molecular complexity index is 3360. The number of hydrogen-bond acceptors (Lipinski definition) is 2. The van der Waals surface area contributed by atoms with E-state index in [9.17, 15) is 0 Å². The first-order valence-electron chi connectivity index (χ1n) is 19.2. The Kier molecular flexibility index (Phi) is 7.75. The third-order valence-corrected chi connectivity index (χ3v) is 12.5. The van der Waals surface area contributed by atoms with Crippen LogP contribution in [0.3, 0.4) is 0 Å². The van der Waals surface area contributed by atoms with Gasteiger partial charge in [-0.1, -0.05) is 176 Å². The van der Waals surface area contributed by atoms with Crippen LogP contribution in [-0.4, -0.2) is 0 Å². The summed E-state index contributed by atoms with van der Waals surface area (Å²) < 4.78 is 2.63. The fourth-order valence-corrected chi connectivity index (χ4v) is 10.1. The number of hydrogen-bond donors (Lipinski definition) is 0. The topological polar surface area (TPSA) is 3.24 Å². The molecule has 0 saturated heterocycles. The molecule has 0 unspecified atom stereocenters. The van der Waals surface area contributed by atoms with Gasteiger partial charge in [-0.2, -0.15) is 0 Å². The molecule has 0 atom stereocenters. The van der Waals surface area contributed by atoms with Crippen LogP contribution in [0.4, 0.5) is 17.1 Å². The predicted octanol–water partition coefficient (Wildman–Crippen LogP) is 16.1. The van der Waals surface area contributed by atoms with Gasteiger partial charge in [-0.3, -0.25) is 0 Å². The zero-order valence-electron chi connectivity index (χ0n) is 30.6. The van der Waals surface area contributed by atoms with E-state index in [-0.39, 0.29) is 0 Å². The zero-order valence-corrected chi connectivity index (χ0v) is 31.4. The van der Waals surface area contributed by atoms with E-state index >= 15 is 0 Å². The molecule has 0 radical (unpaired) electrons. The molecule has 1 aromatic heterocycles. The van der Waals surface area contributed by atoms with Crippen molar-refractivity contribution < 1.29 is 0 Å². The molecule has 0 spiro atoms. The van der Waals surface area contributed by atoms with Crippen LogP contribution in [0.2, 0.25) is 0 Å². The maximum Gasteiger partial charge on any atom is 0.0540 e. The van der Waals surface area contributed by atoms with E-state index in [1.54, 1.807) is 0 Å². The zero-order chi connectivity index (χ0) is 37.0. The fraction of sp³-hybridized carbons (Fsp3) is 0. The second-order valence-corrected chi connectivity index (χ2v) is 15.4. The van der Waals surface area contributed by atoms with Crippen LogP contribution >= 0.6 is 11.3 Å². The van der Waals surface area contributed by atoms with Gasteiger partial charge in [0.15, 0.2) is 0 Å². The molecule has 1 heterocycles. The lowest BCUT2D eigenvalue weighted by Crippen LogP contribution is -2.11. The molecule has 1 nitrogen and oxygen atoms in total. The highest BCUT2D eigenvalue weighted by atomic mass is 32.1. The highest BCUT2D eigenvalue weighted by molar-refractivity contribution is 7.26. The van der Waals surface area contributed by atoms with Gasteiger partial charge in [0.2, 0.25) is 0 Å². The first kappa shape index (κ1) is 32.4. The number of fused-ring (bicyclic) bond motifs is 14. The van der Waals surface area contributed by atoms with Gasteiger partial charge in [-0.05, 0) is 90.4 Å². The van der Waals surface area contributed by atoms with Crippen LogP contribution < -0.4 is 4.90 Å². The third kappa shape index (κ3) is 5.22. The van der Waals surface area contributed by atoms with E-state index in [0.29, 0.717) is 0 Å². The van der Waals surface area contributed by atoms with Crippen molar-refractivity contribution >= 4 is 102 Å². The molecule has 0 bridgehead atoms. The monoisotopic (exact) mass is 729 g/mol. The Hall–Kier alpha value is -7.00. The van der Waals surface area contributed by atoms with Crippen molar-refractivity contribution in [3.05, 3.63) is 212 Å². The lowest BCUT2D eigenvalue weighted by atomic mass is 9.93. The smallest absolute Gasteiger partial charge is 0.0540 e. The summed E-state index contributed by atoms with van der Waals surface area (Å²) in [4.78, 5) is 2.42. The number of benzene rings is 9. The van der Waals surface area contributed by atoms with E-state index in [1.165, 1.54) is 85.2 Å². The van der Waals surface area contributed by atoms with Crippen LogP contribution in [0.15, 0.2) is 212 Å². The molecule has 11 rings (SSSR count). The minimum atomic E-state index is 1.10. The van der Waals surface area contributed by atoms with E-state index in [1.807, 2.05) is 11.3 Å². The van der Waals surface area contributed by atoms with Crippen LogP contribution in [0.1, 0.15) is 0 Å². The van der Waals surface area contributed by atoms with Gasteiger partial charge in [0.05, 0.1) is 5.69 Å². The van der Waals surface area contributed by atoms with E-state index in [2.05, 4.69) is 217 Å². The summed E-state index contributed by atoms with van der Waals surface area (Å²) in [5.74, 6) is 0. The summed E-state index contributed by atoms with van der Waals surface area (Å²) >= 11 is 1.90. The Morgan fingerprint density at radius 1 is 0.304 bits per heavy atom. The molecule has 0 fully saturated rings. The number of para-hydroxylation sites is 2. The van der Waals surface area contributed by atoms with Crippen molar-refractivity contribution in [3.8, 4) is 11.1 Å². The molecule has 2 heteroatoms. The normalized spacial score (nSPS) is 11.6. The number of nitrogens with zero attached hydrogens (tertiary/aromatic N) is 1. The Morgan fingerprint density at radius 2 is 0.768 bits per heavy atom. The highest BCUT2D eigenvalue weighted by Gasteiger charge is 2.19.